The molecule has 0 radical (unpaired) electrons. The Balaban J connectivity index is 0.000000360. The second-order valence-corrected chi connectivity index (χ2v) is 3.79. The van der Waals surface area contributed by atoms with Gasteiger partial charge in [0.2, 0.25) is 0 Å². The van der Waals surface area contributed by atoms with Crippen LogP contribution < -0.4 is 15.2 Å². The summed E-state index contributed by atoms with van der Waals surface area (Å²) in [7, 11) is 3.18. The van der Waals surface area contributed by atoms with E-state index in [4.69, 9.17) is 20.3 Å². The van der Waals surface area contributed by atoms with Crippen molar-refractivity contribution in [3.8, 4) is 11.5 Å². The van der Waals surface area contributed by atoms with Crippen molar-refractivity contribution in [2.45, 2.75) is 20.3 Å². The number of methoxy groups -OCH3 is 2. The summed E-state index contributed by atoms with van der Waals surface area (Å²) in [6, 6.07) is 5.25. The van der Waals surface area contributed by atoms with E-state index < -0.39 is 5.97 Å². The van der Waals surface area contributed by atoms with Gasteiger partial charge in [-0.15, -0.1) is 0 Å². The van der Waals surface area contributed by atoms with Gasteiger partial charge in [0, 0.05) is 23.9 Å². The first kappa shape index (κ1) is 16.1. The third-order valence-electron chi connectivity index (χ3n) is 2.41. The molecule has 102 valence electrons. The summed E-state index contributed by atoms with van der Waals surface area (Å²) in [5.41, 5.74) is 6.19. The Hall–Kier alpha value is -1.91. The third-order valence-corrected chi connectivity index (χ3v) is 2.41. The molecule has 0 aromatic heterocycles. The molecule has 5 heteroatoms. The summed E-state index contributed by atoms with van der Waals surface area (Å²) in [4.78, 5) is 9.93. The van der Waals surface area contributed by atoms with Crippen molar-refractivity contribution >= 4 is 11.7 Å². The average Bonchev–Trinajstić information content (AvgIpc) is 2.37. The van der Waals surface area contributed by atoms with E-state index >= 15 is 0 Å². The number of carboxylic acids is 1. The van der Waals surface area contributed by atoms with Gasteiger partial charge in [0.05, 0.1) is 20.1 Å². The van der Waals surface area contributed by atoms with E-state index in [1.807, 2.05) is 6.92 Å². The van der Waals surface area contributed by atoms with E-state index in [1.54, 1.807) is 39.3 Å². The van der Waals surface area contributed by atoms with Crippen molar-refractivity contribution in [3.05, 3.63) is 18.2 Å². The van der Waals surface area contributed by atoms with Crippen LogP contribution in [0.15, 0.2) is 18.2 Å². The first-order chi connectivity index (χ1) is 8.44. The Labute approximate surface area is 108 Å². The Morgan fingerprint density at radius 3 is 1.94 bits per heavy atom. The molecule has 1 atom stereocenters. The summed E-state index contributed by atoms with van der Waals surface area (Å²) in [6.45, 7) is 3.56. The van der Waals surface area contributed by atoms with Crippen LogP contribution in [-0.2, 0) is 4.79 Å². The number of nitrogens with two attached hydrogens (primary N) is 1. The SMILES string of the molecule is CCC(C)C(=O)O.COc1cc(N)cc(OC)c1. The standard InChI is InChI=1S/C8H11NO2.C5H10O2/c1-10-7-3-6(9)4-8(5-7)11-2;1-3-4(2)5(6)7/h3-5H,9H2,1-2H3;4H,3H2,1-2H3,(H,6,7). The molecule has 18 heavy (non-hydrogen) atoms. The fourth-order valence-electron chi connectivity index (χ4n) is 1.00. The van der Waals surface area contributed by atoms with Gasteiger partial charge in [-0.1, -0.05) is 13.8 Å². The Bertz CT molecular complexity index is 357. The number of aliphatic carboxylic acids is 1. The second kappa shape index (κ2) is 8.22. The maximum Gasteiger partial charge on any atom is 0.306 e. The van der Waals surface area contributed by atoms with Crippen LogP contribution in [0, 0.1) is 5.92 Å². The highest BCUT2D eigenvalue weighted by molar-refractivity contribution is 5.69. The molecule has 0 bridgehead atoms. The average molecular weight is 255 g/mol. The highest BCUT2D eigenvalue weighted by atomic mass is 16.5. The Morgan fingerprint density at radius 1 is 1.28 bits per heavy atom. The zero-order chi connectivity index (χ0) is 14.1. The summed E-state index contributed by atoms with van der Waals surface area (Å²) in [6.07, 6.45) is 0.718. The van der Waals surface area contributed by atoms with Gasteiger partial charge in [0.25, 0.3) is 0 Å². The number of rotatable bonds is 4. The lowest BCUT2D eigenvalue weighted by Crippen LogP contribution is -2.06. The van der Waals surface area contributed by atoms with Crippen molar-refractivity contribution in [2.75, 3.05) is 20.0 Å². The van der Waals surface area contributed by atoms with E-state index in [9.17, 15) is 4.79 Å². The lowest BCUT2D eigenvalue weighted by atomic mass is 10.1. The van der Waals surface area contributed by atoms with Gasteiger partial charge in [-0.2, -0.15) is 0 Å². The Kier molecular flexibility index (Phi) is 7.35. The molecule has 1 aromatic carbocycles. The minimum Gasteiger partial charge on any atom is -0.497 e. The lowest BCUT2D eigenvalue weighted by Gasteiger charge is -2.04. The predicted molar refractivity (Wildman–Crippen MR) is 71.0 cm³/mol. The molecule has 1 aromatic rings. The first-order valence-corrected chi connectivity index (χ1v) is 5.65. The molecule has 0 fully saturated rings. The normalized spacial score (nSPS) is 10.9. The largest absolute Gasteiger partial charge is 0.497 e. The second-order valence-electron chi connectivity index (χ2n) is 3.79. The van der Waals surface area contributed by atoms with E-state index in [0.29, 0.717) is 17.2 Å². The van der Waals surface area contributed by atoms with Gasteiger partial charge in [-0.25, -0.2) is 0 Å². The summed E-state index contributed by atoms with van der Waals surface area (Å²) in [5, 5.41) is 8.18. The molecule has 0 aliphatic rings. The molecule has 0 amide bonds. The molecule has 5 nitrogen and oxygen atoms in total. The molecule has 1 rings (SSSR count). The fraction of sp³-hybridized carbons (Fsp3) is 0.462. The molecule has 0 spiro atoms. The summed E-state index contributed by atoms with van der Waals surface area (Å²) < 4.78 is 9.96. The summed E-state index contributed by atoms with van der Waals surface area (Å²) in [5.74, 6) is 0.534. The molecular weight excluding hydrogens is 234 g/mol. The van der Waals surface area contributed by atoms with Gasteiger partial charge >= 0.3 is 5.97 Å². The molecule has 3 N–H and O–H groups in total. The number of nitrogen functional groups attached to an aromatic ring is 1. The van der Waals surface area contributed by atoms with E-state index in [1.165, 1.54) is 0 Å². The number of benzene rings is 1. The van der Waals surface area contributed by atoms with Crippen LogP contribution in [0.3, 0.4) is 0 Å². The maximum absolute atomic E-state index is 9.93. The van der Waals surface area contributed by atoms with Gasteiger partial charge < -0.3 is 20.3 Å². The number of carboxylic acid groups (broad SMARTS) is 1. The van der Waals surface area contributed by atoms with Gasteiger partial charge in [0.15, 0.2) is 0 Å². The van der Waals surface area contributed by atoms with Crippen LogP contribution in [0.4, 0.5) is 5.69 Å². The minimum atomic E-state index is -0.706. The van der Waals surface area contributed by atoms with E-state index in [2.05, 4.69) is 0 Å². The molecule has 1 unspecified atom stereocenters. The van der Waals surface area contributed by atoms with E-state index in [0.717, 1.165) is 6.42 Å². The summed E-state index contributed by atoms with van der Waals surface area (Å²) >= 11 is 0. The van der Waals surface area contributed by atoms with Crippen molar-refractivity contribution in [1.29, 1.82) is 0 Å². The zero-order valence-electron chi connectivity index (χ0n) is 11.3. The number of ether oxygens (including phenoxy) is 2. The molecule has 0 saturated carbocycles. The lowest BCUT2D eigenvalue weighted by molar-refractivity contribution is -0.141. The zero-order valence-corrected chi connectivity index (χ0v) is 11.3. The first-order valence-electron chi connectivity index (χ1n) is 5.65. The van der Waals surface area contributed by atoms with Crippen molar-refractivity contribution in [3.63, 3.8) is 0 Å². The number of carbonyl (C=O) groups is 1. The van der Waals surface area contributed by atoms with Crippen LogP contribution in [0.5, 0.6) is 11.5 Å². The number of hydrogen-bond donors (Lipinski definition) is 2. The van der Waals surface area contributed by atoms with Crippen molar-refractivity contribution in [2.24, 2.45) is 5.92 Å². The molecule has 0 saturated heterocycles. The minimum absolute atomic E-state index is 0.181. The fourth-order valence-corrected chi connectivity index (χ4v) is 1.00. The van der Waals surface area contributed by atoms with Gasteiger partial charge in [-0.3, -0.25) is 4.79 Å². The van der Waals surface area contributed by atoms with Crippen molar-refractivity contribution in [1.82, 2.24) is 0 Å². The number of hydrogen-bond acceptors (Lipinski definition) is 4. The highest BCUT2D eigenvalue weighted by Gasteiger charge is 2.05. The third kappa shape index (κ3) is 5.98. The van der Waals surface area contributed by atoms with E-state index in [-0.39, 0.29) is 5.92 Å². The Morgan fingerprint density at radius 2 is 1.72 bits per heavy atom. The maximum atomic E-state index is 9.93. The highest BCUT2D eigenvalue weighted by Crippen LogP contribution is 2.23. The predicted octanol–water partition coefficient (Wildman–Crippen LogP) is 2.40. The van der Waals surface area contributed by atoms with Gasteiger partial charge in [-0.05, 0) is 6.42 Å². The topological polar surface area (TPSA) is 81.8 Å². The molecule has 0 aliphatic heterocycles. The van der Waals surface area contributed by atoms with Crippen LogP contribution in [-0.4, -0.2) is 25.3 Å². The quantitative estimate of drug-likeness (QED) is 0.807. The smallest absolute Gasteiger partial charge is 0.306 e. The van der Waals surface area contributed by atoms with Crippen LogP contribution in [0.1, 0.15) is 20.3 Å². The number of anilines is 1. The molecule has 0 aliphatic carbocycles. The van der Waals surface area contributed by atoms with Crippen molar-refractivity contribution < 1.29 is 19.4 Å². The van der Waals surface area contributed by atoms with Gasteiger partial charge in [0.1, 0.15) is 11.5 Å². The van der Waals surface area contributed by atoms with Crippen LogP contribution in [0.2, 0.25) is 0 Å². The molecular formula is C13H21NO4. The van der Waals surface area contributed by atoms with Crippen LogP contribution >= 0.6 is 0 Å². The molecule has 0 heterocycles. The monoisotopic (exact) mass is 255 g/mol. The van der Waals surface area contributed by atoms with Crippen LogP contribution in [0.25, 0.3) is 0 Å².